The Morgan fingerprint density at radius 1 is 1.29 bits per heavy atom. The van der Waals surface area contributed by atoms with Gasteiger partial charge in [0.1, 0.15) is 0 Å². The average Bonchev–Trinajstić information content (AvgIpc) is 2.68. The molecule has 2 aliphatic heterocycles. The Hall–Kier alpha value is -2.22. The third-order valence-corrected chi connectivity index (χ3v) is 5.65. The zero-order chi connectivity index (χ0) is 19.6. The molecule has 2 N–H and O–H groups in total. The molecule has 0 aliphatic carbocycles. The minimum Gasteiger partial charge on any atom is -0.391 e. The number of benzene rings is 1. The highest BCUT2D eigenvalue weighted by Crippen LogP contribution is 2.37. The number of anilines is 1. The van der Waals surface area contributed by atoms with E-state index in [4.69, 9.17) is 16.3 Å². The van der Waals surface area contributed by atoms with Crippen LogP contribution in [-0.2, 0) is 16.0 Å². The number of hydrogen-bond donors (Lipinski definition) is 2. The molecular weight excluding hydrogens is 380 g/mol. The van der Waals surface area contributed by atoms with Gasteiger partial charge in [-0.2, -0.15) is 0 Å². The number of carbonyl (C=O) groups excluding carboxylic acids is 1. The van der Waals surface area contributed by atoms with E-state index >= 15 is 0 Å². The molecule has 3 heterocycles. The monoisotopic (exact) mass is 402 g/mol. The number of nitrogens with one attached hydrogen (secondary N) is 1. The summed E-state index contributed by atoms with van der Waals surface area (Å²) in [6.45, 7) is 1.86. The van der Waals surface area contributed by atoms with Crippen LogP contribution in [0.4, 0.5) is 5.95 Å². The molecule has 7 nitrogen and oxygen atoms in total. The van der Waals surface area contributed by atoms with Crippen molar-refractivity contribution < 1.29 is 14.6 Å². The van der Waals surface area contributed by atoms with Gasteiger partial charge in [0.25, 0.3) is 0 Å². The van der Waals surface area contributed by atoms with Crippen LogP contribution in [0.5, 0.6) is 0 Å². The molecule has 1 aromatic carbocycles. The zero-order valence-corrected chi connectivity index (χ0v) is 16.2. The molecule has 0 saturated carbocycles. The second-order valence-electron chi connectivity index (χ2n) is 7.50. The minimum absolute atomic E-state index is 0.0795. The molecule has 8 heteroatoms. The minimum atomic E-state index is -0.621. The Kier molecular flexibility index (Phi) is 5.48. The number of hydrogen-bond acceptors (Lipinski definition) is 6. The predicted molar refractivity (Wildman–Crippen MR) is 105 cm³/mol. The molecule has 2 atom stereocenters. The SMILES string of the molecule is O=C(N[C@@H]1COCC[C@H]1O)C1(Cc2ccc(Cl)cc2)CN(c2ncccn2)C1. The van der Waals surface area contributed by atoms with Crippen molar-refractivity contribution in [3.63, 3.8) is 0 Å². The summed E-state index contributed by atoms with van der Waals surface area (Å²) >= 11 is 6.00. The zero-order valence-electron chi connectivity index (χ0n) is 15.4. The summed E-state index contributed by atoms with van der Waals surface area (Å²) in [6.07, 6.45) is 3.90. The highest BCUT2D eigenvalue weighted by molar-refractivity contribution is 6.30. The summed E-state index contributed by atoms with van der Waals surface area (Å²) in [5.41, 5.74) is 0.415. The number of aliphatic hydroxyl groups is 1. The summed E-state index contributed by atoms with van der Waals surface area (Å²) in [6, 6.07) is 8.93. The molecule has 2 aliphatic rings. The van der Waals surface area contributed by atoms with Crippen molar-refractivity contribution in [1.82, 2.24) is 15.3 Å². The maximum absolute atomic E-state index is 13.2. The molecule has 0 radical (unpaired) electrons. The Morgan fingerprint density at radius 2 is 2.00 bits per heavy atom. The molecule has 2 saturated heterocycles. The lowest BCUT2D eigenvalue weighted by Gasteiger charge is -2.49. The van der Waals surface area contributed by atoms with E-state index in [1.165, 1.54) is 0 Å². The smallest absolute Gasteiger partial charge is 0.230 e. The van der Waals surface area contributed by atoms with E-state index in [0.29, 0.717) is 50.1 Å². The maximum Gasteiger partial charge on any atom is 0.230 e. The predicted octanol–water partition coefficient (Wildman–Crippen LogP) is 1.45. The van der Waals surface area contributed by atoms with Crippen molar-refractivity contribution in [3.05, 3.63) is 53.3 Å². The van der Waals surface area contributed by atoms with Gasteiger partial charge < -0.3 is 20.1 Å². The second-order valence-corrected chi connectivity index (χ2v) is 7.94. The fraction of sp³-hybridized carbons (Fsp3) is 0.450. The molecule has 4 rings (SSSR count). The molecule has 1 amide bonds. The van der Waals surface area contributed by atoms with Crippen molar-refractivity contribution in [2.45, 2.75) is 25.0 Å². The van der Waals surface area contributed by atoms with E-state index in [2.05, 4.69) is 15.3 Å². The van der Waals surface area contributed by atoms with Gasteiger partial charge in [0, 0.05) is 37.1 Å². The highest BCUT2D eigenvalue weighted by atomic mass is 35.5. The standard InChI is InChI=1S/C20H23ClN4O3/c21-15-4-2-14(3-5-15)10-20(12-25(13-20)19-22-7-1-8-23-19)18(27)24-16-11-28-9-6-17(16)26/h1-5,7-8,16-17,26H,6,9-13H2,(H,24,27)/t16-,17-/m1/s1. The van der Waals surface area contributed by atoms with Crippen LogP contribution in [0.3, 0.4) is 0 Å². The van der Waals surface area contributed by atoms with Crippen molar-refractivity contribution in [2.24, 2.45) is 5.41 Å². The number of nitrogens with zero attached hydrogens (tertiary/aromatic N) is 3. The van der Waals surface area contributed by atoms with E-state index in [-0.39, 0.29) is 11.9 Å². The summed E-state index contributed by atoms with van der Waals surface area (Å²) in [5, 5.41) is 13.9. The second kappa shape index (κ2) is 8.03. The van der Waals surface area contributed by atoms with Crippen molar-refractivity contribution in [1.29, 1.82) is 0 Å². The molecule has 2 aromatic rings. The van der Waals surface area contributed by atoms with Crippen molar-refractivity contribution in [2.75, 3.05) is 31.2 Å². The number of rotatable bonds is 5. The Bertz CT molecular complexity index is 812. The quantitative estimate of drug-likeness (QED) is 0.787. The van der Waals surface area contributed by atoms with Crippen molar-refractivity contribution in [3.8, 4) is 0 Å². The topological polar surface area (TPSA) is 87.6 Å². The highest BCUT2D eigenvalue weighted by Gasteiger charge is 2.50. The molecule has 28 heavy (non-hydrogen) atoms. The van der Waals surface area contributed by atoms with Gasteiger partial charge in [0.15, 0.2) is 0 Å². The van der Waals surface area contributed by atoms with Crippen LogP contribution < -0.4 is 10.2 Å². The van der Waals surface area contributed by atoms with Gasteiger partial charge in [-0.1, -0.05) is 23.7 Å². The Labute approximate surface area is 168 Å². The third-order valence-electron chi connectivity index (χ3n) is 5.40. The summed E-state index contributed by atoms with van der Waals surface area (Å²) in [7, 11) is 0. The number of amides is 1. The average molecular weight is 403 g/mol. The van der Waals surface area contributed by atoms with Crippen LogP contribution in [0.2, 0.25) is 5.02 Å². The number of halogens is 1. The normalized spacial score (nSPS) is 23.7. The van der Waals surface area contributed by atoms with Gasteiger partial charge in [0.05, 0.1) is 24.2 Å². The lowest BCUT2D eigenvalue weighted by Crippen LogP contribution is -2.67. The maximum atomic E-state index is 13.2. The molecule has 0 bridgehead atoms. The molecule has 2 fully saturated rings. The number of aromatic nitrogens is 2. The van der Waals surface area contributed by atoms with E-state index in [0.717, 1.165) is 5.56 Å². The first-order valence-electron chi connectivity index (χ1n) is 9.39. The largest absolute Gasteiger partial charge is 0.391 e. The first-order chi connectivity index (χ1) is 13.6. The summed E-state index contributed by atoms with van der Waals surface area (Å²) in [5.74, 6) is 0.534. The third kappa shape index (κ3) is 3.97. The van der Waals surface area contributed by atoms with E-state index in [1.54, 1.807) is 18.5 Å². The van der Waals surface area contributed by atoms with Crippen LogP contribution in [0.1, 0.15) is 12.0 Å². The first kappa shape index (κ1) is 19.1. The number of ether oxygens (including phenoxy) is 1. The fourth-order valence-electron chi connectivity index (χ4n) is 3.79. The lowest BCUT2D eigenvalue weighted by molar-refractivity contribution is -0.136. The van der Waals surface area contributed by atoms with Crippen LogP contribution in [0.25, 0.3) is 0 Å². The van der Waals surface area contributed by atoms with Gasteiger partial charge in [0.2, 0.25) is 11.9 Å². The molecule has 1 aromatic heterocycles. The van der Waals surface area contributed by atoms with E-state index in [9.17, 15) is 9.90 Å². The Balaban J connectivity index is 1.51. The van der Waals surface area contributed by atoms with E-state index < -0.39 is 11.5 Å². The van der Waals surface area contributed by atoms with Crippen LogP contribution in [0.15, 0.2) is 42.7 Å². The number of carbonyl (C=O) groups is 1. The molecular formula is C20H23ClN4O3. The molecule has 0 unspecified atom stereocenters. The molecule has 0 spiro atoms. The van der Waals surface area contributed by atoms with Gasteiger partial charge >= 0.3 is 0 Å². The van der Waals surface area contributed by atoms with Gasteiger partial charge in [-0.25, -0.2) is 9.97 Å². The van der Waals surface area contributed by atoms with Gasteiger partial charge in [-0.3, -0.25) is 4.79 Å². The first-order valence-corrected chi connectivity index (χ1v) is 9.77. The van der Waals surface area contributed by atoms with Gasteiger partial charge in [-0.05, 0) is 36.6 Å². The summed E-state index contributed by atoms with van der Waals surface area (Å²) < 4.78 is 5.42. The summed E-state index contributed by atoms with van der Waals surface area (Å²) in [4.78, 5) is 23.8. The lowest BCUT2D eigenvalue weighted by atomic mass is 9.73. The van der Waals surface area contributed by atoms with Gasteiger partial charge in [-0.15, -0.1) is 0 Å². The van der Waals surface area contributed by atoms with Crippen LogP contribution in [-0.4, -0.2) is 59.4 Å². The van der Waals surface area contributed by atoms with Crippen molar-refractivity contribution >= 4 is 23.5 Å². The van der Waals surface area contributed by atoms with E-state index in [1.807, 2.05) is 29.2 Å². The fourth-order valence-corrected chi connectivity index (χ4v) is 3.92. The van der Waals surface area contributed by atoms with Crippen LogP contribution in [0, 0.1) is 5.41 Å². The number of aliphatic hydroxyl groups excluding tert-OH is 1. The Morgan fingerprint density at radius 3 is 2.68 bits per heavy atom. The molecule has 148 valence electrons. The van der Waals surface area contributed by atoms with Crippen LogP contribution >= 0.6 is 11.6 Å².